The van der Waals surface area contributed by atoms with Crippen molar-refractivity contribution in [3.05, 3.63) is 29.6 Å². The van der Waals surface area contributed by atoms with E-state index in [1.165, 1.54) is 6.07 Å². The Labute approximate surface area is 107 Å². The smallest absolute Gasteiger partial charge is 0.165 e. The van der Waals surface area contributed by atoms with Gasteiger partial charge in [0.05, 0.1) is 12.6 Å². The van der Waals surface area contributed by atoms with Gasteiger partial charge in [-0.3, -0.25) is 0 Å². The summed E-state index contributed by atoms with van der Waals surface area (Å²) in [5, 5.41) is 3.06. The topological polar surface area (TPSA) is 21.3 Å². The van der Waals surface area contributed by atoms with E-state index in [9.17, 15) is 4.39 Å². The zero-order valence-corrected chi connectivity index (χ0v) is 11.3. The molecule has 0 aromatic heterocycles. The van der Waals surface area contributed by atoms with Gasteiger partial charge in [0.15, 0.2) is 11.6 Å². The molecule has 0 bridgehead atoms. The van der Waals surface area contributed by atoms with Crippen molar-refractivity contribution in [1.29, 1.82) is 0 Å². The average molecular weight is 260 g/mol. The van der Waals surface area contributed by atoms with Crippen molar-refractivity contribution < 1.29 is 9.13 Å². The van der Waals surface area contributed by atoms with Crippen LogP contribution in [0, 0.1) is 5.82 Å². The number of halogens is 2. The predicted molar refractivity (Wildman–Crippen MR) is 69.3 cm³/mol. The van der Waals surface area contributed by atoms with Crippen LogP contribution >= 0.6 is 11.6 Å². The molecular formula is C13H19ClFNO. The summed E-state index contributed by atoms with van der Waals surface area (Å²) in [6.07, 6.45) is 0. The van der Waals surface area contributed by atoms with Gasteiger partial charge in [-0.15, -0.1) is 11.6 Å². The van der Waals surface area contributed by atoms with E-state index < -0.39 is 0 Å². The molecule has 0 fully saturated rings. The van der Waals surface area contributed by atoms with Gasteiger partial charge >= 0.3 is 0 Å². The van der Waals surface area contributed by atoms with Crippen molar-refractivity contribution in [3.8, 4) is 5.75 Å². The molecule has 0 saturated heterocycles. The number of nitrogens with one attached hydrogen (secondary N) is 1. The molecule has 0 aliphatic carbocycles. The van der Waals surface area contributed by atoms with E-state index in [2.05, 4.69) is 5.32 Å². The second-order valence-corrected chi connectivity index (χ2v) is 4.79. The molecule has 0 spiro atoms. The maximum atomic E-state index is 13.7. The van der Waals surface area contributed by atoms with E-state index in [4.69, 9.17) is 16.3 Å². The minimum atomic E-state index is -0.316. The molecule has 1 aromatic rings. The third-order valence-corrected chi connectivity index (χ3v) is 2.86. The summed E-state index contributed by atoms with van der Waals surface area (Å²) in [6.45, 7) is 7.09. The van der Waals surface area contributed by atoms with Crippen LogP contribution in [0.25, 0.3) is 0 Å². The Bertz CT molecular complexity index is 368. The minimum Gasteiger partial charge on any atom is -0.491 e. The second kappa shape index (κ2) is 6.22. The first-order valence-corrected chi connectivity index (χ1v) is 6.24. The van der Waals surface area contributed by atoms with E-state index in [1.807, 2.05) is 26.8 Å². The highest BCUT2D eigenvalue weighted by atomic mass is 35.5. The van der Waals surface area contributed by atoms with Crippen LogP contribution in [-0.2, 0) is 5.41 Å². The number of alkyl halides is 1. The monoisotopic (exact) mass is 259 g/mol. The van der Waals surface area contributed by atoms with E-state index in [-0.39, 0.29) is 11.2 Å². The predicted octanol–water partition coefficient (Wildman–Crippen LogP) is 3.29. The molecule has 0 atom stereocenters. The number of ether oxygens (including phenoxy) is 1. The molecule has 0 radical (unpaired) electrons. The molecule has 0 amide bonds. The first-order valence-electron chi connectivity index (χ1n) is 5.70. The van der Waals surface area contributed by atoms with Crippen LogP contribution in [-0.4, -0.2) is 19.2 Å². The van der Waals surface area contributed by atoms with Crippen molar-refractivity contribution in [2.24, 2.45) is 0 Å². The van der Waals surface area contributed by atoms with Gasteiger partial charge in [0, 0.05) is 12.0 Å². The van der Waals surface area contributed by atoms with Gasteiger partial charge in [-0.1, -0.05) is 19.9 Å². The Morgan fingerprint density at radius 2 is 2.12 bits per heavy atom. The van der Waals surface area contributed by atoms with E-state index >= 15 is 0 Å². The maximum Gasteiger partial charge on any atom is 0.165 e. The standard InChI is InChI=1S/C13H19ClFNO/c1-4-17-12-6-5-10(7-11(12)15)13(2,3)8-16-9-14/h5-7,16H,4,8-9H2,1-3H3. The van der Waals surface area contributed by atoms with Gasteiger partial charge < -0.3 is 10.1 Å². The molecule has 1 aromatic carbocycles. The second-order valence-electron chi connectivity index (χ2n) is 4.52. The highest BCUT2D eigenvalue weighted by molar-refractivity contribution is 6.17. The lowest BCUT2D eigenvalue weighted by Gasteiger charge is -2.25. The van der Waals surface area contributed by atoms with Crippen molar-refractivity contribution >= 4 is 11.6 Å². The highest BCUT2D eigenvalue weighted by Gasteiger charge is 2.21. The lowest BCUT2D eigenvalue weighted by molar-refractivity contribution is 0.320. The number of hydrogen-bond donors (Lipinski definition) is 1. The van der Waals surface area contributed by atoms with Crippen molar-refractivity contribution in [2.45, 2.75) is 26.2 Å². The van der Waals surface area contributed by atoms with Gasteiger partial charge in [-0.05, 0) is 24.6 Å². The molecule has 1 N–H and O–H groups in total. The fraction of sp³-hybridized carbons (Fsp3) is 0.538. The van der Waals surface area contributed by atoms with Crippen LogP contribution in [0.1, 0.15) is 26.3 Å². The SMILES string of the molecule is CCOc1ccc(C(C)(C)CNCCl)cc1F. The van der Waals surface area contributed by atoms with Crippen LogP contribution in [0.15, 0.2) is 18.2 Å². The molecule has 4 heteroatoms. The van der Waals surface area contributed by atoms with Crippen molar-refractivity contribution in [2.75, 3.05) is 19.2 Å². The first-order chi connectivity index (χ1) is 8.01. The maximum absolute atomic E-state index is 13.7. The minimum absolute atomic E-state index is 0.166. The summed E-state index contributed by atoms with van der Waals surface area (Å²) in [7, 11) is 0. The Morgan fingerprint density at radius 1 is 1.41 bits per heavy atom. The van der Waals surface area contributed by atoms with Crippen LogP contribution in [0.2, 0.25) is 0 Å². The van der Waals surface area contributed by atoms with E-state index in [0.29, 0.717) is 24.9 Å². The summed E-state index contributed by atoms with van der Waals surface area (Å²) < 4.78 is 18.9. The van der Waals surface area contributed by atoms with Crippen LogP contribution in [0.4, 0.5) is 4.39 Å². The Balaban J connectivity index is 2.88. The largest absolute Gasteiger partial charge is 0.491 e. The summed E-state index contributed by atoms with van der Waals surface area (Å²) in [5.41, 5.74) is 0.761. The normalized spacial score (nSPS) is 11.6. The summed E-state index contributed by atoms with van der Waals surface area (Å²) in [6, 6.07) is 5.49. The third-order valence-electron chi connectivity index (χ3n) is 2.67. The Kier molecular flexibility index (Phi) is 5.22. The van der Waals surface area contributed by atoms with Crippen LogP contribution in [0.3, 0.4) is 0 Å². The third kappa shape index (κ3) is 3.86. The molecule has 0 aliphatic heterocycles. The molecule has 0 saturated carbocycles. The number of hydrogen-bond acceptors (Lipinski definition) is 2. The first kappa shape index (κ1) is 14.3. The van der Waals surface area contributed by atoms with Crippen molar-refractivity contribution in [1.82, 2.24) is 5.32 Å². The molecule has 96 valence electrons. The molecule has 1 rings (SSSR count). The zero-order valence-electron chi connectivity index (χ0n) is 10.5. The van der Waals surface area contributed by atoms with Gasteiger partial charge in [-0.25, -0.2) is 4.39 Å². The van der Waals surface area contributed by atoms with E-state index in [1.54, 1.807) is 6.07 Å². The van der Waals surface area contributed by atoms with Crippen LogP contribution < -0.4 is 10.1 Å². The zero-order chi connectivity index (χ0) is 12.9. The molecule has 0 unspecified atom stereocenters. The molecule has 2 nitrogen and oxygen atoms in total. The van der Waals surface area contributed by atoms with Crippen molar-refractivity contribution in [3.63, 3.8) is 0 Å². The average Bonchev–Trinajstić information content (AvgIpc) is 2.29. The van der Waals surface area contributed by atoms with Gasteiger partial charge in [-0.2, -0.15) is 0 Å². The van der Waals surface area contributed by atoms with E-state index in [0.717, 1.165) is 5.56 Å². The highest BCUT2D eigenvalue weighted by Crippen LogP contribution is 2.27. The van der Waals surface area contributed by atoms with Gasteiger partial charge in [0.1, 0.15) is 0 Å². The summed E-state index contributed by atoms with van der Waals surface area (Å²) >= 11 is 5.59. The lowest BCUT2D eigenvalue weighted by atomic mass is 9.84. The quantitative estimate of drug-likeness (QED) is 0.625. The fourth-order valence-corrected chi connectivity index (χ4v) is 1.75. The molecular weight excluding hydrogens is 241 g/mol. The number of benzene rings is 1. The van der Waals surface area contributed by atoms with Gasteiger partial charge in [0.25, 0.3) is 0 Å². The molecule has 0 heterocycles. The fourth-order valence-electron chi connectivity index (χ4n) is 1.66. The van der Waals surface area contributed by atoms with Gasteiger partial charge in [0.2, 0.25) is 0 Å². The molecule has 17 heavy (non-hydrogen) atoms. The summed E-state index contributed by atoms with van der Waals surface area (Å²) in [5.74, 6) is -0.0133. The lowest BCUT2D eigenvalue weighted by Crippen LogP contribution is -2.32. The summed E-state index contributed by atoms with van der Waals surface area (Å²) in [4.78, 5) is 0. The number of rotatable bonds is 6. The van der Waals surface area contributed by atoms with Crippen LogP contribution in [0.5, 0.6) is 5.75 Å². The molecule has 0 aliphatic rings. The Morgan fingerprint density at radius 3 is 2.65 bits per heavy atom. The Hall–Kier alpha value is -0.800.